The largest absolute Gasteiger partial charge is 0.475 e. The summed E-state index contributed by atoms with van der Waals surface area (Å²) in [5.41, 5.74) is 0. The lowest BCUT2D eigenvalue weighted by Crippen LogP contribution is -1.97. The van der Waals surface area contributed by atoms with Crippen molar-refractivity contribution in [3.63, 3.8) is 0 Å². The summed E-state index contributed by atoms with van der Waals surface area (Å²) < 4.78 is 10.8. The van der Waals surface area contributed by atoms with Gasteiger partial charge in [-0.25, -0.2) is 0 Å². The third-order valence-corrected chi connectivity index (χ3v) is 4.18. The zero-order chi connectivity index (χ0) is 17.6. The van der Waals surface area contributed by atoms with Crippen molar-refractivity contribution in [1.82, 2.24) is 0 Å². The first kappa shape index (κ1) is 23.2. The molecule has 24 heavy (non-hydrogen) atoms. The Hall–Kier alpha value is -0.830. The molecule has 0 radical (unpaired) electrons. The molecule has 0 aliphatic heterocycles. The monoisotopic (exact) mass is 340 g/mol. The zero-order valence-electron chi connectivity index (χ0n) is 16.0. The maximum Gasteiger partial charge on any atom is 0.188 e. The Bertz CT molecular complexity index is 264. The Morgan fingerprint density at radius 1 is 0.708 bits per heavy atom. The standard InChI is InChI=1S/C21H40O3/c1-2-3-4-13-16-19-23-21-24-20-17-14-11-9-7-5-6-8-10-12-15-18-22/h17-18,20H,2-16,19,21H2,1H3. The van der Waals surface area contributed by atoms with Gasteiger partial charge in [0.15, 0.2) is 6.79 Å². The van der Waals surface area contributed by atoms with Crippen LogP contribution < -0.4 is 0 Å². The van der Waals surface area contributed by atoms with Crippen LogP contribution in [0, 0.1) is 0 Å². The number of carbonyl (C=O) groups excluding carboxylic acids is 1. The number of allylic oxidation sites excluding steroid dienone is 1. The van der Waals surface area contributed by atoms with Crippen LogP contribution in [0.15, 0.2) is 12.3 Å². The molecule has 3 nitrogen and oxygen atoms in total. The molecule has 0 spiro atoms. The molecule has 0 aromatic heterocycles. The second kappa shape index (κ2) is 22.2. The molecule has 0 rings (SSSR count). The summed E-state index contributed by atoms with van der Waals surface area (Å²) in [4.78, 5) is 10.2. The molecule has 0 atom stereocenters. The second-order valence-electron chi connectivity index (χ2n) is 6.55. The number of aldehydes is 1. The van der Waals surface area contributed by atoms with Gasteiger partial charge >= 0.3 is 0 Å². The molecule has 0 aromatic rings. The van der Waals surface area contributed by atoms with Crippen molar-refractivity contribution < 1.29 is 14.3 Å². The highest BCUT2D eigenvalue weighted by atomic mass is 16.7. The van der Waals surface area contributed by atoms with Crippen LogP contribution in [-0.2, 0) is 14.3 Å². The van der Waals surface area contributed by atoms with Gasteiger partial charge in [-0.1, -0.05) is 71.1 Å². The molecule has 3 heteroatoms. The zero-order valence-corrected chi connectivity index (χ0v) is 16.0. The molecule has 0 fully saturated rings. The Morgan fingerprint density at radius 3 is 1.96 bits per heavy atom. The van der Waals surface area contributed by atoms with Crippen LogP contribution >= 0.6 is 0 Å². The van der Waals surface area contributed by atoms with Gasteiger partial charge < -0.3 is 14.3 Å². The number of rotatable bonds is 20. The number of hydrogen-bond donors (Lipinski definition) is 0. The van der Waals surface area contributed by atoms with Crippen molar-refractivity contribution in [2.24, 2.45) is 0 Å². The molecular formula is C21H40O3. The van der Waals surface area contributed by atoms with Gasteiger partial charge in [0.1, 0.15) is 6.29 Å². The molecule has 142 valence electrons. The Labute approximate surface area is 150 Å². The van der Waals surface area contributed by atoms with E-state index in [1.54, 1.807) is 6.26 Å². The number of hydrogen-bond acceptors (Lipinski definition) is 3. The summed E-state index contributed by atoms with van der Waals surface area (Å²) in [6.07, 6.45) is 23.1. The van der Waals surface area contributed by atoms with Gasteiger partial charge in [-0.2, -0.15) is 0 Å². The highest BCUT2D eigenvalue weighted by molar-refractivity contribution is 5.48. The van der Waals surface area contributed by atoms with Crippen LogP contribution in [0.3, 0.4) is 0 Å². The first-order valence-electron chi connectivity index (χ1n) is 10.2. The molecular weight excluding hydrogens is 300 g/mol. The molecule has 0 saturated carbocycles. The second-order valence-corrected chi connectivity index (χ2v) is 6.55. The average Bonchev–Trinajstić information content (AvgIpc) is 2.60. The quantitative estimate of drug-likeness (QED) is 0.109. The van der Waals surface area contributed by atoms with Crippen molar-refractivity contribution in [2.75, 3.05) is 13.4 Å². The van der Waals surface area contributed by atoms with Crippen molar-refractivity contribution >= 4 is 6.29 Å². The van der Waals surface area contributed by atoms with Gasteiger partial charge in [0, 0.05) is 6.42 Å². The van der Waals surface area contributed by atoms with E-state index < -0.39 is 0 Å². The lowest BCUT2D eigenvalue weighted by Gasteiger charge is -2.03. The molecule has 0 amide bonds. The van der Waals surface area contributed by atoms with E-state index >= 15 is 0 Å². The van der Waals surface area contributed by atoms with Crippen LogP contribution in [0.1, 0.15) is 103 Å². The molecule has 0 aliphatic carbocycles. The lowest BCUT2D eigenvalue weighted by atomic mass is 10.1. The highest BCUT2D eigenvalue weighted by Gasteiger charge is 1.92. The maximum absolute atomic E-state index is 10.2. The van der Waals surface area contributed by atoms with Crippen molar-refractivity contribution in [2.45, 2.75) is 103 Å². The van der Waals surface area contributed by atoms with E-state index in [9.17, 15) is 4.79 Å². The van der Waals surface area contributed by atoms with E-state index in [2.05, 4.69) is 13.0 Å². The van der Waals surface area contributed by atoms with Gasteiger partial charge in [0.25, 0.3) is 0 Å². The smallest absolute Gasteiger partial charge is 0.188 e. The van der Waals surface area contributed by atoms with Gasteiger partial charge in [-0.05, 0) is 31.8 Å². The van der Waals surface area contributed by atoms with Crippen LogP contribution in [0.2, 0.25) is 0 Å². The van der Waals surface area contributed by atoms with E-state index in [1.165, 1.54) is 70.6 Å². The summed E-state index contributed by atoms with van der Waals surface area (Å²) in [5, 5.41) is 0. The van der Waals surface area contributed by atoms with E-state index in [0.29, 0.717) is 6.79 Å². The summed E-state index contributed by atoms with van der Waals surface area (Å²) in [5.74, 6) is 0. The fraction of sp³-hybridized carbons (Fsp3) is 0.857. The summed E-state index contributed by atoms with van der Waals surface area (Å²) in [6.45, 7) is 3.43. The SMILES string of the molecule is CCCCCCCOCOC=CCCCCCCCCCCC=O. The fourth-order valence-electron chi connectivity index (χ4n) is 2.64. The van der Waals surface area contributed by atoms with Crippen LogP contribution in [0.4, 0.5) is 0 Å². The molecule has 0 saturated heterocycles. The molecule has 0 N–H and O–H groups in total. The van der Waals surface area contributed by atoms with Crippen molar-refractivity contribution in [1.29, 1.82) is 0 Å². The van der Waals surface area contributed by atoms with Crippen molar-refractivity contribution in [3.05, 3.63) is 12.3 Å². The van der Waals surface area contributed by atoms with Crippen molar-refractivity contribution in [3.8, 4) is 0 Å². The highest BCUT2D eigenvalue weighted by Crippen LogP contribution is 2.10. The van der Waals surface area contributed by atoms with Crippen LogP contribution in [0.25, 0.3) is 0 Å². The lowest BCUT2D eigenvalue weighted by molar-refractivity contribution is -0.107. The Morgan fingerprint density at radius 2 is 1.29 bits per heavy atom. The number of carbonyl (C=O) groups is 1. The minimum atomic E-state index is 0.383. The normalized spacial score (nSPS) is 11.2. The Balaban J connectivity index is 3.05. The van der Waals surface area contributed by atoms with E-state index in [4.69, 9.17) is 9.47 Å². The van der Waals surface area contributed by atoms with Crippen LogP contribution in [-0.4, -0.2) is 19.7 Å². The summed E-state index contributed by atoms with van der Waals surface area (Å²) >= 11 is 0. The van der Waals surface area contributed by atoms with Crippen LogP contribution in [0.5, 0.6) is 0 Å². The molecule has 0 bridgehead atoms. The molecule has 0 unspecified atom stereocenters. The molecule has 0 aromatic carbocycles. The Kier molecular flexibility index (Phi) is 21.4. The minimum absolute atomic E-state index is 0.383. The van der Waals surface area contributed by atoms with E-state index in [-0.39, 0.29) is 0 Å². The summed E-state index contributed by atoms with van der Waals surface area (Å²) in [7, 11) is 0. The molecule has 0 heterocycles. The van der Waals surface area contributed by atoms with Gasteiger partial charge in [-0.15, -0.1) is 0 Å². The average molecular weight is 341 g/mol. The van der Waals surface area contributed by atoms with Gasteiger partial charge in [0.2, 0.25) is 0 Å². The van der Waals surface area contributed by atoms with E-state index in [0.717, 1.165) is 38.6 Å². The third-order valence-electron chi connectivity index (χ3n) is 4.18. The molecule has 0 aliphatic rings. The third kappa shape index (κ3) is 21.2. The number of ether oxygens (including phenoxy) is 2. The predicted molar refractivity (Wildman–Crippen MR) is 102 cm³/mol. The maximum atomic E-state index is 10.2. The predicted octanol–water partition coefficient (Wildman–Crippen LogP) is 6.56. The van der Waals surface area contributed by atoms with Gasteiger partial charge in [-0.3, -0.25) is 0 Å². The first-order valence-corrected chi connectivity index (χ1v) is 10.2. The van der Waals surface area contributed by atoms with E-state index in [1.807, 2.05) is 0 Å². The number of unbranched alkanes of at least 4 members (excludes halogenated alkanes) is 13. The fourth-order valence-corrected chi connectivity index (χ4v) is 2.64. The first-order chi connectivity index (χ1) is 11.9. The van der Waals surface area contributed by atoms with Gasteiger partial charge in [0.05, 0.1) is 12.9 Å². The minimum Gasteiger partial charge on any atom is -0.475 e. The topological polar surface area (TPSA) is 35.5 Å². The summed E-state index contributed by atoms with van der Waals surface area (Å²) in [6, 6.07) is 0.